The first-order valence-corrected chi connectivity index (χ1v) is 26.6. The lowest BCUT2D eigenvalue weighted by atomic mass is 9.83. The number of hydrogen-bond acceptors (Lipinski definition) is 16. The molecule has 6 N–H and O–H groups in total. The van der Waals surface area contributed by atoms with Crippen molar-refractivity contribution in [3.05, 3.63) is 83.7 Å². The van der Waals surface area contributed by atoms with Gasteiger partial charge in [-0.2, -0.15) is 4.99 Å². The summed E-state index contributed by atoms with van der Waals surface area (Å²) in [6, 6.07) is 11.7. The normalized spacial score (nSPS) is 18.2. The van der Waals surface area contributed by atoms with Crippen LogP contribution < -0.4 is 31.3 Å². The first-order chi connectivity index (χ1) is 36.3. The maximum absolute atomic E-state index is 12.3. The van der Waals surface area contributed by atoms with E-state index < -0.39 is 11.2 Å². The summed E-state index contributed by atoms with van der Waals surface area (Å²) in [7, 11) is 3.36. The number of aromatic nitrogens is 4. The Morgan fingerprint density at radius 3 is 1.72 bits per heavy atom. The molecular formula is C56H78N12O8. The van der Waals surface area contributed by atoms with Crippen LogP contribution in [0.15, 0.2) is 83.1 Å². The number of aliphatic hydroxyl groups is 1. The number of anilines is 4. The lowest BCUT2D eigenvalue weighted by Gasteiger charge is -2.36. The summed E-state index contributed by atoms with van der Waals surface area (Å²) in [6.07, 6.45) is 16.6. The zero-order chi connectivity index (χ0) is 54.6. The Morgan fingerprint density at radius 2 is 1.25 bits per heavy atom. The number of benzene rings is 1. The summed E-state index contributed by atoms with van der Waals surface area (Å²) in [5, 5.41) is 13.3. The molecule has 0 radical (unpaired) electrons. The Labute approximate surface area is 446 Å². The first kappa shape index (κ1) is 56.3. The van der Waals surface area contributed by atoms with E-state index in [0.29, 0.717) is 67.6 Å². The number of allylic oxidation sites excluding steroid dienone is 3. The van der Waals surface area contributed by atoms with Crippen LogP contribution in [0.4, 0.5) is 38.5 Å². The van der Waals surface area contributed by atoms with Crippen LogP contribution in [0.2, 0.25) is 0 Å². The number of nitrogens with one attached hydrogen (secondary N) is 1. The number of ether oxygens (including phenoxy) is 4. The van der Waals surface area contributed by atoms with Gasteiger partial charge in [0.2, 0.25) is 5.95 Å². The molecule has 2 aliphatic heterocycles. The van der Waals surface area contributed by atoms with Crippen LogP contribution in [0.5, 0.6) is 5.75 Å². The number of nitrogens with two attached hydrogens (primary N) is 2. The van der Waals surface area contributed by atoms with Gasteiger partial charge in [-0.3, -0.25) is 4.79 Å². The molecule has 5 heterocycles. The van der Waals surface area contributed by atoms with Crippen molar-refractivity contribution < 1.29 is 38.4 Å². The highest BCUT2D eigenvalue weighted by molar-refractivity contribution is 6.09. The predicted molar refractivity (Wildman–Crippen MR) is 296 cm³/mol. The Morgan fingerprint density at radius 1 is 0.697 bits per heavy atom. The number of rotatable bonds is 9. The number of aliphatic hydroxyl groups excluding tert-OH is 1. The van der Waals surface area contributed by atoms with Crippen molar-refractivity contribution >= 4 is 63.8 Å². The number of carbonyl (C=O) groups is 3. The highest BCUT2D eigenvalue weighted by atomic mass is 16.6. The SMILES string of the molecule is CC(C)(C)OC(=O)N1CCN(c2ccc(N=C(N)N)nc2)CC1.COC1=C(C2CCCC2)C(=O)/C(=C\O)CC1.COc1ccc2cnc(Nc3ccc(N4CCN(C(=O)OC(C)(C)C)CC4)cn3)nc2c1C1CCCC1. The Balaban J connectivity index is 0.000000183. The highest BCUT2D eigenvalue weighted by Gasteiger charge is 2.34. The highest BCUT2D eigenvalue weighted by Crippen LogP contribution is 2.43. The summed E-state index contributed by atoms with van der Waals surface area (Å²) < 4.78 is 21.9. The average molecular weight is 1050 g/mol. The number of aliphatic imine (C=N–C) groups is 1. The predicted octanol–water partition coefficient (Wildman–Crippen LogP) is 9.42. The van der Waals surface area contributed by atoms with E-state index in [4.69, 9.17) is 40.5 Å². The van der Waals surface area contributed by atoms with Crippen molar-refractivity contribution in [2.45, 2.75) is 123 Å². The van der Waals surface area contributed by atoms with Gasteiger partial charge in [-0.1, -0.05) is 25.7 Å². The van der Waals surface area contributed by atoms with Crippen molar-refractivity contribution in [1.29, 1.82) is 0 Å². The second-order valence-corrected chi connectivity index (χ2v) is 21.6. The van der Waals surface area contributed by atoms with Gasteiger partial charge in [0.1, 0.15) is 28.5 Å². The van der Waals surface area contributed by atoms with E-state index in [0.717, 1.165) is 104 Å². The largest absolute Gasteiger partial charge is 0.515 e. The second kappa shape index (κ2) is 25.4. The fraction of sp³-hybridized carbons (Fsp3) is 0.536. The van der Waals surface area contributed by atoms with Crippen LogP contribution in [0, 0.1) is 5.92 Å². The quantitative estimate of drug-likeness (QED) is 0.0527. The number of ketones is 1. The van der Waals surface area contributed by atoms with Crippen LogP contribution in [0.3, 0.4) is 0 Å². The van der Waals surface area contributed by atoms with Crippen molar-refractivity contribution in [3.8, 4) is 5.75 Å². The van der Waals surface area contributed by atoms with Gasteiger partial charge in [0.05, 0.1) is 49.8 Å². The van der Waals surface area contributed by atoms with E-state index in [1.54, 1.807) is 36.3 Å². The second-order valence-electron chi connectivity index (χ2n) is 21.6. The number of amides is 2. The standard InChI is InChI=1S/C28H36N6O3.C15H24N6O2.C13H18O3/c1-28(2,3)37-27(35)34-15-13-33(14-16-34)21-10-12-23(29-18-21)31-26-30-17-20-9-11-22(36-4)24(25(20)32-26)19-7-5-6-8-19;1-15(2,3)23-14(22)21-8-6-20(7-9-21)11-4-5-12(18-10-11)19-13(16)17;1-16-11-7-6-10(8-14)13(15)12(11)9-4-2-3-5-9/h9-12,17-19H,5-8,13-16H2,1-4H3,(H,29,30,31,32);4-5,10H,6-9H2,1-3H3,(H4,16,17,18,19);8-9,14H,2-7H2,1H3/b;;10-8-. The lowest BCUT2D eigenvalue weighted by molar-refractivity contribution is -0.113. The lowest BCUT2D eigenvalue weighted by Crippen LogP contribution is -2.50. The number of carbonyl (C=O) groups excluding carboxylic acids is 3. The van der Waals surface area contributed by atoms with E-state index in [1.165, 1.54) is 31.2 Å². The van der Waals surface area contributed by atoms with E-state index in [-0.39, 0.29) is 23.9 Å². The molecule has 0 spiro atoms. The number of methoxy groups -OCH3 is 2. The molecule has 9 rings (SSSR count). The maximum Gasteiger partial charge on any atom is 0.410 e. The van der Waals surface area contributed by atoms with Gasteiger partial charge in [-0.05, 0) is 122 Å². The van der Waals surface area contributed by atoms with Crippen LogP contribution in [-0.4, -0.2) is 137 Å². The van der Waals surface area contributed by atoms with Crippen molar-refractivity contribution in [2.75, 3.05) is 81.7 Å². The smallest absolute Gasteiger partial charge is 0.410 e. The van der Waals surface area contributed by atoms with Gasteiger partial charge in [-0.15, -0.1) is 0 Å². The molecule has 4 fully saturated rings. The molecule has 410 valence electrons. The number of Topliss-reactive ketones (excluding diaryl/α,β-unsaturated/α-hetero) is 1. The molecule has 2 saturated heterocycles. The summed E-state index contributed by atoms with van der Waals surface area (Å²) in [6.45, 7) is 16.6. The first-order valence-electron chi connectivity index (χ1n) is 26.6. The summed E-state index contributed by atoms with van der Waals surface area (Å²) >= 11 is 0. The molecule has 1 aromatic carbocycles. The topological polar surface area (TPSA) is 249 Å². The van der Waals surface area contributed by atoms with Crippen LogP contribution in [-0.2, 0) is 19.0 Å². The minimum absolute atomic E-state index is 0.00231. The monoisotopic (exact) mass is 1050 g/mol. The van der Waals surface area contributed by atoms with E-state index >= 15 is 0 Å². The van der Waals surface area contributed by atoms with Crippen molar-refractivity contribution in [1.82, 2.24) is 29.7 Å². The molecule has 20 heteroatoms. The van der Waals surface area contributed by atoms with Gasteiger partial charge in [-0.25, -0.2) is 29.5 Å². The molecular weight excluding hydrogens is 969 g/mol. The third-order valence-electron chi connectivity index (χ3n) is 13.9. The number of hydrogen-bond donors (Lipinski definition) is 4. The Hall–Kier alpha value is -7.38. The molecule has 4 aromatic rings. The van der Waals surface area contributed by atoms with E-state index in [2.05, 4.69) is 35.1 Å². The Bertz CT molecular complexity index is 2700. The maximum atomic E-state index is 12.3. The van der Waals surface area contributed by atoms with E-state index in [9.17, 15) is 14.4 Å². The molecule has 3 aromatic heterocycles. The molecule has 3 aliphatic carbocycles. The number of piperazine rings is 2. The zero-order valence-corrected chi connectivity index (χ0v) is 45.6. The molecule has 76 heavy (non-hydrogen) atoms. The fourth-order valence-electron chi connectivity index (χ4n) is 10.2. The third kappa shape index (κ3) is 15.1. The van der Waals surface area contributed by atoms with Gasteiger partial charge >= 0.3 is 12.2 Å². The van der Waals surface area contributed by atoms with E-state index in [1.807, 2.05) is 84.3 Å². The molecule has 0 atom stereocenters. The van der Waals surface area contributed by atoms with Gasteiger partial charge in [0, 0.05) is 87.1 Å². The number of pyridine rings is 2. The summed E-state index contributed by atoms with van der Waals surface area (Å²) in [4.78, 5) is 66.5. The number of guanidine groups is 1. The molecule has 20 nitrogen and oxygen atoms in total. The van der Waals surface area contributed by atoms with Gasteiger partial charge < -0.3 is 60.4 Å². The molecule has 0 bridgehead atoms. The fourth-order valence-corrected chi connectivity index (χ4v) is 10.2. The van der Waals surface area contributed by atoms with Gasteiger partial charge in [0.25, 0.3) is 0 Å². The zero-order valence-electron chi connectivity index (χ0n) is 45.6. The molecule has 2 saturated carbocycles. The number of fused-ring (bicyclic) bond motifs is 1. The summed E-state index contributed by atoms with van der Waals surface area (Å²) in [5.74, 6) is 4.20. The minimum Gasteiger partial charge on any atom is -0.515 e. The van der Waals surface area contributed by atoms with Crippen molar-refractivity contribution in [2.24, 2.45) is 22.4 Å². The molecule has 0 unspecified atom stereocenters. The van der Waals surface area contributed by atoms with Crippen LogP contribution >= 0.6 is 0 Å². The minimum atomic E-state index is -0.486. The number of nitrogens with zero attached hydrogens (tertiary/aromatic N) is 9. The molecule has 5 aliphatic rings. The summed E-state index contributed by atoms with van der Waals surface area (Å²) in [5.41, 5.74) is 15.2. The average Bonchev–Trinajstić information content (AvgIpc) is 4.15. The Kier molecular flexibility index (Phi) is 18.9. The van der Waals surface area contributed by atoms with Crippen molar-refractivity contribution in [3.63, 3.8) is 0 Å². The van der Waals surface area contributed by atoms with Crippen LogP contribution in [0.25, 0.3) is 10.9 Å². The molecule has 2 amide bonds. The van der Waals surface area contributed by atoms with Crippen LogP contribution in [0.1, 0.15) is 117 Å². The van der Waals surface area contributed by atoms with Gasteiger partial charge in [0.15, 0.2) is 17.6 Å². The third-order valence-corrected chi connectivity index (χ3v) is 13.9.